The molecule has 2 heterocycles. The van der Waals surface area contributed by atoms with E-state index in [4.69, 9.17) is 14.2 Å². The highest BCUT2D eigenvalue weighted by Crippen LogP contribution is 2.42. The number of aliphatic hydroxyl groups excluding tert-OH is 7. The van der Waals surface area contributed by atoms with Crippen LogP contribution in [0.25, 0.3) is 6.08 Å². The van der Waals surface area contributed by atoms with Crippen molar-refractivity contribution in [1.82, 2.24) is 0 Å². The molecule has 0 unspecified atom stereocenters. The molecule has 0 aliphatic carbocycles. The normalized spacial score (nSPS) is 35.8. The van der Waals surface area contributed by atoms with Gasteiger partial charge in [0, 0.05) is 5.56 Å². The number of carbonyl (C=O) groups excluding carboxylic acids is 1. The van der Waals surface area contributed by atoms with E-state index in [0.29, 0.717) is 11.1 Å². The summed E-state index contributed by atoms with van der Waals surface area (Å²) < 4.78 is 16.9. The zero-order valence-corrected chi connectivity index (χ0v) is 20.0. The van der Waals surface area contributed by atoms with Crippen LogP contribution in [0.5, 0.6) is 11.5 Å². The van der Waals surface area contributed by atoms with E-state index in [2.05, 4.69) is 0 Å². The van der Waals surface area contributed by atoms with Crippen LogP contribution in [0.15, 0.2) is 54.6 Å². The Balaban J connectivity index is 1.65. The van der Waals surface area contributed by atoms with Crippen LogP contribution >= 0.6 is 0 Å². The molecule has 2 saturated heterocycles. The molecular weight excluding hydrogens is 504 g/mol. The summed E-state index contributed by atoms with van der Waals surface area (Å²) in [6.07, 6.45) is -11.5. The van der Waals surface area contributed by atoms with Gasteiger partial charge in [-0.2, -0.15) is 0 Å². The van der Waals surface area contributed by atoms with Crippen LogP contribution in [0.4, 0.5) is 0 Å². The first-order valence-electron chi connectivity index (χ1n) is 11.9. The number of hydrogen-bond donors (Lipinski definition) is 8. The maximum atomic E-state index is 12.3. The standard InChI is InChI=1S/C26H30O12/c27-11-19-21(32)22(33)24(35)26(38-19,25-23(34)20(31)17(30)12-36-25)37-18-9-7-13(10-16(18)29)6-8-15(28)14-4-2-1-3-5-14/h1-10,17,19-25,27,29-35H,11-12H2/t17-,19-,20+,21+,22-,23-,24-,25-,26+/m0/s1. The first-order valence-corrected chi connectivity index (χ1v) is 11.9. The monoisotopic (exact) mass is 534 g/mol. The van der Waals surface area contributed by atoms with Crippen molar-refractivity contribution < 1.29 is 59.9 Å². The third-order valence-electron chi connectivity index (χ3n) is 6.62. The van der Waals surface area contributed by atoms with Crippen molar-refractivity contribution >= 4 is 11.9 Å². The van der Waals surface area contributed by atoms with E-state index in [0.717, 1.165) is 0 Å². The number of phenolic OH excluding ortho intramolecular Hbond substituents is 1. The molecule has 2 aliphatic heterocycles. The Kier molecular flexibility index (Phi) is 8.47. The molecule has 38 heavy (non-hydrogen) atoms. The van der Waals surface area contributed by atoms with Crippen LogP contribution in [-0.4, -0.2) is 114 Å². The van der Waals surface area contributed by atoms with E-state index in [1.165, 1.54) is 30.4 Å². The molecule has 2 aliphatic rings. The van der Waals surface area contributed by atoms with E-state index in [1.54, 1.807) is 30.3 Å². The van der Waals surface area contributed by atoms with Gasteiger partial charge in [-0.15, -0.1) is 0 Å². The molecule has 2 aromatic rings. The number of rotatable bonds is 7. The van der Waals surface area contributed by atoms with Gasteiger partial charge in [0.05, 0.1) is 13.2 Å². The topological polar surface area (TPSA) is 207 Å². The highest BCUT2D eigenvalue weighted by molar-refractivity contribution is 6.06. The van der Waals surface area contributed by atoms with Gasteiger partial charge in [-0.3, -0.25) is 4.79 Å². The Morgan fingerprint density at radius 2 is 1.68 bits per heavy atom. The minimum Gasteiger partial charge on any atom is -0.504 e. The fraction of sp³-hybridized carbons (Fsp3) is 0.423. The number of carbonyl (C=O) groups is 1. The number of phenols is 1. The second-order valence-electron chi connectivity index (χ2n) is 9.18. The van der Waals surface area contributed by atoms with Gasteiger partial charge < -0.3 is 55.1 Å². The Bertz CT molecular complexity index is 1140. The third-order valence-corrected chi connectivity index (χ3v) is 6.62. The van der Waals surface area contributed by atoms with Gasteiger partial charge in [0.1, 0.15) is 36.6 Å². The lowest BCUT2D eigenvalue weighted by molar-refractivity contribution is -0.388. The average molecular weight is 535 g/mol. The van der Waals surface area contributed by atoms with E-state index >= 15 is 0 Å². The summed E-state index contributed by atoms with van der Waals surface area (Å²) in [5, 5.41) is 82.7. The number of allylic oxidation sites excluding steroid dienone is 1. The van der Waals surface area contributed by atoms with Crippen LogP contribution < -0.4 is 4.74 Å². The maximum absolute atomic E-state index is 12.3. The molecule has 9 atom stereocenters. The van der Waals surface area contributed by atoms with Crippen LogP contribution in [-0.2, 0) is 9.47 Å². The van der Waals surface area contributed by atoms with Crippen molar-refractivity contribution in [3.63, 3.8) is 0 Å². The molecule has 2 aromatic carbocycles. The molecule has 0 saturated carbocycles. The van der Waals surface area contributed by atoms with Crippen molar-refractivity contribution in [1.29, 1.82) is 0 Å². The van der Waals surface area contributed by atoms with E-state index in [-0.39, 0.29) is 11.5 Å². The molecule has 12 heteroatoms. The predicted molar refractivity (Wildman–Crippen MR) is 129 cm³/mol. The first-order chi connectivity index (χ1) is 18.1. The molecule has 0 bridgehead atoms. The summed E-state index contributed by atoms with van der Waals surface area (Å²) in [4.78, 5) is 12.3. The zero-order valence-electron chi connectivity index (χ0n) is 20.0. The van der Waals surface area contributed by atoms with Crippen LogP contribution in [0.1, 0.15) is 15.9 Å². The number of ketones is 1. The van der Waals surface area contributed by atoms with Crippen LogP contribution in [0.2, 0.25) is 0 Å². The van der Waals surface area contributed by atoms with Gasteiger partial charge in [0.2, 0.25) is 0 Å². The van der Waals surface area contributed by atoms with Crippen molar-refractivity contribution in [2.45, 2.75) is 54.6 Å². The van der Waals surface area contributed by atoms with Crippen molar-refractivity contribution in [3.8, 4) is 11.5 Å². The van der Waals surface area contributed by atoms with Crippen molar-refractivity contribution in [2.75, 3.05) is 13.2 Å². The lowest BCUT2D eigenvalue weighted by Crippen LogP contribution is -2.76. The summed E-state index contributed by atoms with van der Waals surface area (Å²) >= 11 is 0. The summed E-state index contributed by atoms with van der Waals surface area (Å²) in [5.74, 6) is -3.66. The van der Waals surface area contributed by atoms with E-state index < -0.39 is 73.6 Å². The summed E-state index contributed by atoms with van der Waals surface area (Å²) in [6.45, 7) is -1.35. The Hall–Kier alpha value is -2.91. The zero-order chi connectivity index (χ0) is 27.6. The molecule has 4 rings (SSSR count). The average Bonchev–Trinajstić information content (AvgIpc) is 2.92. The molecule has 0 radical (unpaired) electrons. The largest absolute Gasteiger partial charge is 0.504 e. The smallest absolute Gasteiger partial charge is 0.269 e. The van der Waals surface area contributed by atoms with Gasteiger partial charge in [-0.1, -0.05) is 42.5 Å². The van der Waals surface area contributed by atoms with E-state index in [9.17, 15) is 45.6 Å². The van der Waals surface area contributed by atoms with Gasteiger partial charge >= 0.3 is 0 Å². The summed E-state index contributed by atoms with van der Waals surface area (Å²) in [5.41, 5.74) is 0.866. The molecule has 12 nitrogen and oxygen atoms in total. The van der Waals surface area contributed by atoms with E-state index in [1.807, 2.05) is 0 Å². The summed E-state index contributed by atoms with van der Waals surface area (Å²) in [6, 6.07) is 12.5. The van der Waals surface area contributed by atoms with Crippen LogP contribution in [0.3, 0.4) is 0 Å². The second kappa shape index (κ2) is 11.5. The fourth-order valence-electron chi connectivity index (χ4n) is 4.47. The molecule has 0 amide bonds. The lowest BCUT2D eigenvalue weighted by atomic mass is 9.84. The Morgan fingerprint density at radius 1 is 0.974 bits per heavy atom. The van der Waals surface area contributed by atoms with Gasteiger partial charge in [-0.05, 0) is 23.8 Å². The van der Waals surface area contributed by atoms with Gasteiger partial charge in [0.25, 0.3) is 5.79 Å². The number of benzene rings is 2. The molecule has 8 N–H and O–H groups in total. The highest BCUT2D eigenvalue weighted by atomic mass is 16.7. The third kappa shape index (κ3) is 5.31. The predicted octanol–water partition coefficient (Wildman–Crippen LogP) is -1.68. The maximum Gasteiger partial charge on any atom is 0.269 e. The number of aromatic hydroxyl groups is 1. The number of hydrogen-bond acceptors (Lipinski definition) is 12. The minimum atomic E-state index is -2.56. The van der Waals surface area contributed by atoms with Crippen LogP contribution in [0, 0.1) is 0 Å². The Morgan fingerprint density at radius 3 is 2.34 bits per heavy atom. The molecule has 2 fully saturated rings. The lowest BCUT2D eigenvalue weighted by Gasteiger charge is -2.53. The quantitative estimate of drug-likeness (QED) is 0.148. The fourth-order valence-corrected chi connectivity index (χ4v) is 4.47. The number of ether oxygens (including phenoxy) is 3. The SMILES string of the molecule is O=C(C=Cc1ccc(O[C@@]2([C@H]3OC[C@H](O)[C@@H](O)[C@@H]3O)O[C@@H](CO)[C@@H](O)[C@H](O)[C@@H]2O)c(O)c1)c1ccccc1. The summed E-state index contributed by atoms with van der Waals surface area (Å²) in [7, 11) is 0. The van der Waals surface area contributed by atoms with Crippen molar-refractivity contribution in [3.05, 3.63) is 65.7 Å². The Labute approximate surface area is 217 Å². The molecule has 206 valence electrons. The molecule has 0 spiro atoms. The highest BCUT2D eigenvalue weighted by Gasteiger charge is 2.64. The molecule has 0 aromatic heterocycles. The van der Waals surface area contributed by atoms with Crippen molar-refractivity contribution in [2.24, 2.45) is 0 Å². The first kappa shape index (κ1) is 28.1. The minimum absolute atomic E-state index is 0.269. The van der Waals surface area contributed by atoms with Gasteiger partial charge in [0.15, 0.2) is 29.5 Å². The molecular formula is C26H30O12. The van der Waals surface area contributed by atoms with Gasteiger partial charge in [-0.25, -0.2) is 0 Å². The second-order valence-corrected chi connectivity index (χ2v) is 9.18. The number of aliphatic hydroxyl groups is 7.